The number of aromatic nitrogens is 4. The van der Waals surface area contributed by atoms with Gasteiger partial charge in [0.2, 0.25) is 5.95 Å². The molecule has 0 unspecified atom stereocenters. The Bertz CT molecular complexity index is 920. The molecular weight excluding hydrogens is 294 g/mol. The zero-order chi connectivity index (χ0) is 14.8. The number of anilines is 2. The molecule has 0 atom stereocenters. The van der Waals surface area contributed by atoms with Crippen molar-refractivity contribution in [1.29, 1.82) is 0 Å². The van der Waals surface area contributed by atoms with E-state index in [9.17, 15) is 0 Å². The molecule has 1 N–H and O–H groups in total. The zero-order valence-electron chi connectivity index (χ0n) is 11.5. The zero-order valence-corrected chi connectivity index (χ0v) is 12.3. The number of nitrogens with zero attached hydrogens (tertiary/aromatic N) is 4. The third kappa shape index (κ3) is 2.51. The molecule has 4 rings (SSSR count). The molecule has 0 aliphatic carbocycles. The number of rotatable bonds is 3. The van der Waals surface area contributed by atoms with Crippen LogP contribution in [0.15, 0.2) is 60.2 Å². The Labute approximate surface area is 130 Å². The molecule has 3 aromatic heterocycles. The maximum Gasteiger partial charge on any atom is 0.228 e. The molecule has 0 saturated heterocycles. The second-order valence-electron chi connectivity index (χ2n) is 4.62. The van der Waals surface area contributed by atoms with Crippen LogP contribution in [0.25, 0.3) is 22.3 Å². The number of hydrogen-bond donors (Lipinski definition) is 1. The molecule has 0 amide bonds. The Morgan fingerprint density at radius 3 is 2.59 bits per heavy atom. The van der Waals surface area contributed by atoms with E-state index in [2.05, 4.69) is 31.3 Å². The van der Waals surface area contributed by atoms with E-state index >= 15 is 0 Å². The predicted octanol–water partition coefficient (Wildman–Crippen LogP) is 3.89. The van der Waals surface area contributed by atoms with Crippen LogP contribution in [0.5, 0.6) is 0 Å². The number of benzene rings is 1. The maximum atomic E-state index is 4.65. The van der Waals surface area contributed by atoms with E-state index in [1.54, 1.807) is 18.5 Å². The minimum absolute atomic E-state index is 0.537. The maximum absolute atomic E-state index is 4.65. The molecule has 5 nitrogen and oxygen atoms in total. The number of pyridine rings is 1. The van der Waals surface area contributed by atoms with Crippen LogP contribution in [0.3, 0.4) is 0 Å². The minimum Gasteiger partial charge on any atom is -0.300 e. The fraction of sp³-hybridized carbons (Fsp3) is 0. The van der Waals surface area contributed by atoms with Gasteiger partial charge in [0, 0.05) is 23.2 Å². The number of para-hydroxylation sites is 1. The summed E-state index contributed by atoms with van der Waals surface area (Å²) < 4.78 is 0. The first-order chi connectivity index (χ1) is 10.9. The van der Waals surface area contributed by atoms with Crippen molar-refractivity contribution in [3.8, 4) is 11.4 Å². The van der Waals surface area contributed by atoms with Crippen LogP contribution in [0, 0.1) is 0 Å². The van der Waals surface area contributed by atoms with Crippen LogP contribution in [0.2, 0.25) is 0 Å². The van der Waals surface area contributed by atoms with Crippen molar-refractivity contribution in [2.75, 3.05) is 5.32 Å². The highest BCUT2D eigenvalue weighted by atomic mass is 32.1. The molecule has 0 saturated carbocycles. The lowest BCUT2D eigenvalue weighted by Crippen LogP contribution is -1.95. The largest absolute Gasteiger partial charge is 0.300 e. The molecule has 6 heteroatoms. The van der Waals surface area contributed by atoms with Crippen molar-refractivity contribution in [2.45, 2.75) is 0 Å². The van der Waals surface area contributed by atoms with E-state index in [-0.39, 0.29) is 0 Å². The molecule has 22 heavy (non-hydrogen) atoms. The SMILES string of the molecule is c1cnc(Nc2nc(-c3ccc4ccccc4n3)cs2)nc1. The summed E-state index contributed by atoms with van der Waals surface area (Å²) >= 11 is 1.50. The Balaban J connectivity index is 1.65. The van der Waals surface area contributed by atoms with E-state index in [0.29, 0.717) is 5.95 Å². The number of nitrogens with one attached hydrogen (secondary N) is 1. The first-order valence-electron chi connectivity index (χ1n) is 6.74. The monoisotopic (exact) mass is 305 g/mol. The smallest absolute Gasteiger partial charge is 0.228 e. The van der Waals surface area contributed by atoms with Crippen molar-refractivity contribution in [3.05, 3.63) is 60.2 Å². The minimum atomic E-state index is 0.537. The van der Waals surface area contributed by atoms with Crippen molar-refractivity contribution >= 4 is 33.3 Å². The molecular formula is C16H11N5S. The third-order valence-corrected chi connectivity index (χ3v) is 3.91. The Hall–Kier alpha value is -2.86. The Morgan fingerprint density at radius 2 is 1.68 bits per heavy atom. The molecule has 0 radical (unpaired) electrons. The Morgan fingerprint density at radius 1 is 0.818 bits per heavy atom. The van der Waals surface area contributed by atoms with E-state index in [0.717, 1.165) is 27.4 Å². The van der Waals surface area contributed by atoms with Crippen LogP contribution in [0.4, 0.5) is 11.1 Å². The van der Waals surface area contributed by atoms with Gasteiger partial charge in [-0.3, -0.25) is 0 Å². The highest BCUT2D eigenvalue weighted by Gasteiger charge is 2.07. The van der Waals surface area contributed by atoms with Gasteiger partial charge in [-0.1, -0.05) is 24.3 Å². The number of thiazole rings is 1. The topological polar surface area (TPSA) is 63.6 Å². The van der Waals surface area contributed by atoms with Gasteiger partial charge in [-0.2, -0.15) is 0 Å². The van der Waals surface area contributed by atoms with Crippen molar-refractivity contribution in [1.82, 2.24) is 19.9 Å². The first-order valence-corrected chi connectivity index (χ1v) is 7.62. The normalized spacial score (nSPS) is 10.7. The molecule has 0 aliphatic heterocycles. The predicted molar refractivity (Wildman–Crippen MR) is 88.2 cm³/mol. The third-order valence-electron chi connectivity index (χ3n) is 3.15. The summed E-state index contributed by atoms with van der Waals surface area (Å²) in [6, 6.07) is 13.9. The molecule has 0 bridgehead atoms. The van der Waals surface area contributed by atoms with E-state index in [1.807, 2.05) is 35.7 Å². The number of hydrogen-bond acceptors (Lipinski definition) is 6. The van der Waals surface area contributed by atoms with Crippen molar-refractivity contribution < 1.29 is 0 Å². The van der Waals surface area contributed by atoms with Gasteiger partial charge in [0.05, 0.1) is 11.2 Å². The highest BCUT2D eigenvalue weighted by Crippen LogP contribution is 2.26. The second-order valence-corrected chi connectivity index (χ2v) is 5.48. The van der Waals surface area contributed by atoms with Crippen LogP contribution in [0.1, 0.15) is 0 Å². The van der Waals surface area contributed by atoms with Crippen LogP contribution >= 0.6 is 11.3 Å². The summed E-state index contributed by atoms with van der Waals surface area (Å²) in [5.74, 6) is 0.537. The summed E-state index contributed by atoms with van der Waals surface area (Å²) in [6.07, 6.45) is 3.38. The summed E-state index contributed by atoms with van der Waals surface area (Å²) in [6.45, 7) is 0. The van der Waals surface area contributed by atoms with Gasteiger partial charge in [0.25, 0.3) is 0 Å². The molecule has 106 valence electrons. The van der Waals surface area contributed by atoms with E-state index < -0.39 is 0 Å². The number of fused-ring (bicyclic) bond motifs is 1. The van der Waals surface area contributed by atoms with Gasteiger partial charge in [-0.05, 0) is 18.2 Å². The summed E-state index contributed by atoms with van der Waals surface area (Å²) in [5.41, 5.74) is 2.67. The van der Waals surface area contributed by atoms with Crippen LogP contribution in [-0.4, -0.2) is 19.9 Å². The molecule has 0 fully saturated rings. The molecule has 3 heterocycles. The van der Waals surface area contributed by atoms with Gasteiger partial charge in [0.1, 0.15) is 5.69 Å². The first kappa shape index (κ1) is 12.8. The van der Waals surface area contributed by atoms with Crippen LogP contribution < -0.4 is 5.32 Å². The van der Waals surface area contributed by atoms with Gasteiger partial charge >= 0.3 is 0 Å². The summed E-state index contributed by atoms with van der Waals surface area (Å²) in [4.78, 5) is 17.5. The Kier molecular flexibility index (Phi) is 3.21. The summed E-state index contributed by atoms with van der Waals surface area (Å²) in [5, 5.41) is 6.93. The van der Waals surface area contributed by atoms with Gasteiger partial charge < -0.3 is 5.32 Å². The quantitative estimate of drug-likeness (QED) is 0.622. The highest BCUT2D eigenvalue weighted by molar-refractivity contribution is 7.14. The fourth-order valence-corrected chi connectivity index (χ4v) is 2.81. The average molecular weight is 305 g/mol. The van der Waals surface area contributed by atoms with Gasteiger partial charge in [-0.25, -0.2) is 19.9 Å². The molecule has 4 aromatic rings. The second kappa shape index (κ2) is 5.50. The average Bonchev–Trinajstić information content (AvgIpc) is 3.04. The molecule has 0 aliphatic rings. The van der Waals surface area contributed by atoms with Gasteiger partial charge in [-0.15, -0.1) is 11.3 Å². The van der Waals surface area contributed by atoms with E-state index in [1.165, 1.54) is 11.3 Å². The summed E-state index contributed by atoms with van der Waals surface area (Å²) in [7, 11) is 0. The lowest BCUT2D eigenvalue weighted by molar-refractivity contribution is 1.16. The fourth-order valence-electron chi connectivity index (χ4n) is 2.12. The standard InChI is InChI=1S/C16H11N5S/c1-2-5-12-11(4-1)6-7-13(19-12)14-10-22-16(20-14)21-15-17-8-3-9-18-15/h1-10H,(H,17,18,20,21). The molecule has 1 aromatic carbocycles. The van der Waals surface area contributed by atoms with Crippen molar-refractivity contribution in [2.24, 2.45) is 0 Å². The van der Waals surface area contributed by atoms with Crippen molar-refractivity contribution in [3.63, 3.8) is 0 Å². The van der Waals surface area contributed by atoms with Crippen LogP contribution in [-0.2, 0) is 0 Å². The van der Waals surface area contributed by atoms with E-state index in [4.69, 9.17) is 0 Å². The molecule has 0 spiro atoms. The van der Waals surface area contributed by atoms with Gasteiger partial charge in [0.15, 0.2) is 5.13 Å². The lowest BCUT2D eigenvalue weighted by Gasteiger charge is -2.00. The lowest BCUT2D eigenvalue weighted by atomic mass is 10.2.